The Kier molecular flexibility index (Phi) is 4.80. The van der Waals surface area contributed by atoms with Gasteiger partial charge in [0.05, 0.1) is 11.4 Å². The van der Waals surface area contributed by atoms with Crippen molar-refractivity contribution in [2.75, 3.05) is 11.9 Å². The molecule has 0 radical (unpaired) electrons. The van der Waals surface area contributed by atoms with E-state index in [2.05, 4.69) is 5.10 Å². The summed E-state index contributed by atoms with van der Waals surface area (Å²) in [5.74, 6) is -0.0718. The van der Waals surface area contributed by atoms with Crippen molar-refractivity contribution in [3.05, 3.63) is 83.7 Å². The van der Waals surface area contributed by atoms with E-state index >= 15 is 0 Å². The van der Waals surface area contributed by atoms with E-state index in [9.17, 15) is 4.79 Å². The van der Waals surface area contributed by atoms with Crippen LogP contribution in [0.15, 0.2) is 66.7 Å². The highest BCUT2D eigenvalue weighted by Crippen LogP contribution is 2.19. The summed E-state index contributed by atoms with van der Waals surface area (Å²) < 4.78 is 1.90. The van der Waals surface area contributed by atoms with E-state index in [4.69, 9.17) is 0 Å². The molecule has 3 aromatic rings. The zero-order valence-electron chi connectivity index (χ0n) is 14.7. The van der Waals surface area contributed by atoms with Crippen molar-refractivity contribution in [3.63, 3.8) is 0 Å². The monoisotopic (exact) mass is 331 g/mol. The first-order chi connectivity index (χ1) is 12.1. The largest absolute Gasteiger partial charge is 0.312 e. The maximum Gasteiger partial charge on any atom is 0.250 e. The Morgan fingerprint density at radius 1 is 1.00 bits per heavy atom. The molecule has 0 saturated carbocycles. The van der Waals surface area contributed by atoms with Crippen molar-refractivity contribution >= 4 is 17.7 Å². The minimum absolute atomic E-state index is 0.0718. The van der Waals surface area contributed by atoms with E-state index < -0.39 is 0 Å². The molecule has 0 spiro atoms. The number of aromatic nitrogens is 2. The molecule has 0 aliphatic rings. The number of aryl methyl sites for hydroxylation is 1. The maximum absolute atomic E-state index is 12.4. The number of para-hydroxylation sites is 2. The number of amides is 1. The first kappa shape index (κ1) is 16.7. The summed E-state index contributed by atoms with van der Waals surface area (Å²) in [5, 5.41) is 4.60. The average Bonchev–Trinajstić information content (AvgIpc) is 2.94. The summed E-state index contributed by atoms with van der Waals surface area (Å²) in [7, 11) is 1.77. The molecule has 1 amide bonds. The number of anilines is 1. The van der Waals surface area contributed by atoms with E-state index in [1.807, 2.05) is 85.3 Å². The van der Waals surface area contributed by atoms with Crippen LogP contribution in [0.3, 0.4) is 0 Å². The van der Waals surface area contributed by atoms with Gasteiger partial charge in [-0.3, -0.25) is 4.79 Å². The van der Waals surface area contributed by atoms with Gasteiger partial charge in [-0.2, -0.15) is 5.10 Å². The van der Waals surface area contributed by atoms with Crippen molar-refractivity contribution < 1.29 is 4.79 Å². The molecule has 0 aliphatic carbocycles. The van der Waals surface area contributed by atoms with Gasteiger partial charge in [-0.05, 0) is 44.2 Å². The molecule has 1 aromatic heterocycles. The van der Waals surface area contributed by atoms with Gasteiger partial charge in [0.25, 0.3) is 5.91 Å². The summed E-state index contributed by atoms with van der Waals surface area (Å²) in [6.07, 6.45) is 3.44. The number of benzene rings is 2. The number of hydrogen-bond donors (Lipinski definition) is 0. The van der Waals surface area contributed by atoms with Crippen LogP contribution in [0.25, 0.3) is 11.8 Å². The topological polar surface area (TPSA) is 38.1 Å². The fraction of sp³-hybridized carbons (Fsp3) is 0.143. The Labute approximate surface area is 148 Å². The number of carbonyl (C=O) groups is 1. The van der Waals surface area contributed by atoms with Gasteiger partial charge in [-0.25, -0.2) is 4.68 Å². The number of carbonyl (C=O) groups excluding carboxylic acids is 1. The fourth-order valence-corrected chi connectivity index (χ4v) is 2.76. The van der Waals surface area contributed by atoms with Gasteiger partial charge in [-0.1, -0.05) is 36.4 Å². The number of rotatable bonds is 4. The molecule has 4 heteroatoms. The highest BCUT2D eigenvalue weighted by atomic mass is 16.2. The van der Waals surface area contributed by atoms with Crippen LogP contribution in [0.2, 0.25) is 0 Å². The molecule has 0 unspecified atom stereocenters. The van der Waals surface area contributed by atoms with Crippen LogP contribution in [0.4, 0.5) is 5.69 Å². The minimum Gasteiger partial charge on any atom is -0.312 e. The Morgan fingerprint density at radius 2 is 1.60 bits per heavy atom. The second-order valence-corrected chi connectivity index (χ2v) is 5.90. The molecule has 3 rings (SSSR count). The number of nitrogens with zero attached hydrogens (tertiary/aromatic N) is 3. The standard InChI is InChI=1S/C21H21N3O/c1-16-20(17(2)24(22-16)19-12-8-5-9-13-19)14-15-21(25)23(3)18-10-6-4-7-11-18/h4-15H,1-3H3/b15-14+. The Hall–Kier alpha value is -3.14. The Morgan fingerprint density at radius 3 is 2.24 bits per heavy atom. The zero-order chi connectivity index (χ0) is 17.8. The van der Waals surface area contributed by atoms with Crippen LogP contribution >= 0.6 is 0 Å². The normalized spacial score (nSPS) is 11.0. The lowest BCUT2D eigenvalue weighted by Crippen LogP contribution is -2.23. The minimum atomic E-state index is -0.0718. The van der Waals surface area contributed by atoms with Crippen LogP contribution in [0.5, 0.6) is 0 Å². The van der Waals surface area contributed by atoms with Crippen molar-refractivity contribution in [1.82, 2.24) is 9.78 Å². The number of likely N-dealkylation sites (N-methyl/N-ethyl adjacent to an activating group) is 1. The Bertz CT molecular complexity index is 896. The van der Waals surface area contributed by atoms with Gasteiger partial charge in [0.15, 0.2) is 0 Å². The van der Waals surface area contributed by atoms with Gasteiger partial charge >= 0.3 is 0 Å². The molecular weight excluding hydrogens is 310 g/mol. The van der Waals surface area contributed by atoms with E-state index in [1.165, 1.54) is 0 Å². The van der Waals surface area contributed by atoms with Gasteiger partial charge in [0, 0.05) is 30.1 Å². The lowest BCUT2D eigenvalue weighted by atomic mass is 10.1. The number of hydrogen-bond acceptors (Lipinski definition) is 2. The fourth-order valence-electron chi connectivity index (χ4n) is 2.76. The van der Waals surface area contributed by atoms with Gasteiger partial charge < -0.3 is 4.90 Å². The summed E-state index contributed by atoms with van der Waals surface area (Å²) in [4.78, 5) is 14.1. The molecule has 2 aromatic carbocycles. The third kappa shape index (κ3) is 3.53. The van der Waals surface area contributed by atoms with Crippen molar-refractivity contribution in [3.8, 4) is 5.69 Å². The van der Waals surface area contributed by atoms with E-state index in [0.717, 1.165) is 28.3 Å². The van der Waals surface area contributed by atoms with Gasteiger partial charge in [0.1, 0.15) is 0 Å². The SMILES string of the molecule is Cc1nn(-c2ccccc2)c(C)c1/C=C/C(=O)N(C)c1ccccc1. The van der Waals surface area contributed by atoms with Crippen LogP contribution in [-0.4, -0.2) is 22.7 Å². The lowest BCUT2D eigenvalue weighted by Gasteiger charge is -2.14. The summed E-state index contributed by atoms with van der Waals surface area (Å²) in [6.45, 7) is 3.97. The zero-order valence-corrected chi connectivity index (χ0v) is 14.7. The molecular formula is C21H21N3O. The molecule has 1 heterocycles. The van der Waals surface area contributed by atoms with Crippen molar-refractivity contribution in [2.24, 2.45) is 0 Å². The van der Waals surface area contributed by atoms with Crippen molar-refractivity contribution in [2.45, 2.75) is 13.8 Å². The van der Waals surface area contributed by atoms with Crippen LogP contribution < -0.4 is 4.90 Å². The van der Waals surface area contributed by atoms with Crippen molar-refractivity contribution in [1.29, 1.82) is 0 Å². The molecule has 4 nitrogen and oxygen atoms in total. The molecule has 0 saturated heterocycles. The Balaban J connectivity index is 1.85. The van der Waals surface area contributed by atoms with Crippen LogP contribution in [-0.2, 0) is 4.79 Å². The summed E-state index contributed by atoms with van der Waals surface area (Å²) >= 11 is 0. The van der Waals surface area contributed by atoms with Crippen LogP contribution in [0, 0.1) is 13.8 Å². The molecule has 25 heavy (non-hydrogen) atoms. The van der Waals surface area contributed by atoms with Gasteiger partial charge in [0.2, 0.25) is 0 Å². The third-order valence-corrected chi connectivity index (χ3v) is 4.21. The first-order valence-electron chi connectivity index (χ1n) is 8.20. The molecule has 126 valence electrons. The average molecular weight is 331 g/mol. The van der Waals surface area contributed by atoms with E-state index in [0.29, 0.717) is 0 Å². The lowest BCUT2D eigenvalue weighted by molar-refractivity contribution is -0.113. The summed E-state index contributed by atoms with van der Waals surface area (Å²) in [5.41, 5.74) is 4.75. The van der Waals surface area contributed by atoms with Crippen LogP contribution in [0.1, 0.15) is 17.0 Å². The predicted molar refractivity (Wildman–Crippen MR) is 102 cm³/mol. The van der Waals surface area contributed by atoms with E-state index in [-0.39, 0.29) is 5.91 Å². The summed E-state index contributed by atoms with van der Waals surface area (Å²) in [6, 6.07) is 19.6. The predicted octanol–water partition coefficient (Wildman–Crippen LogP) is 4.17. The van der Waals surface area contributed by atoms with E-state index in [1.54, 1.807) is 18.0 Å². The third-order valence-electron chi connectivity index (χ3n) is 4.21. The highest BCUT2D eigenvalue weighted by Gasteiger charge is 2.12. The molecule has 0 N–H and O–H groups in total. The quantitative estimate of drug-likeness (QED) is 0.673. The smallest absolute Gasteiger partial charge is 0.250 e. The second kappa shape index (κ2) is 7.18. The molecule has 0 atom stereocenters. The maximum atomic E-state index is 12.4. The highest BCUT2D eigenvalue weighted by molar-refractivity contribution is 6.03. The first-order valence-corrected chi connectivity index (χ1v) is 8.20. The molecule has 0 bridgehead atoms. The second-order valence-electron chi connectivity index (χ2n) is 5.90. The molecule has 0 fully saturated rings. The van der Waals surface area contributed by atoms with Gasteiger partial charge in [-0.15, -0.1) is 0 Å². The molecule has 0 aliphatic heterocycles.